The molecule has 7 nitrogen and oxygen atoms in total. The maximum absolute atomic E-state index is 12.1. The SMILES string of the molecule is COC(=O)c1cc(NC(=O)c2nc(C)cn2C)cn1C. The molecule has 0 radical (unpaired) electrons. The van der Waals surface area contributed by atoms with Gasteiger partial charge in [-0.1, -0.05) is 0 Å². The van der Waals surface area contributed by atoms with E-state index in [0.29, 0.717) is 17.2 Å². The summed E-state index contributed by atoms with van der Waals surface area (Å²) < 4.78 is 7.89. The average molecular weight is 276 g/mol. The van der Waals surface area contributed by atoms with Crippen molar-refractivity contribution in [1.29, 1.82) is 0 Å². The van der Waals surface area contributed by atoms with Gasteiger partial charge in [0.1, 0.15) is 5.69 Å². The van der Waals surface area contributed by atoms with Crippen LogP contribution in [0.2, 0.25) is 0 Å². The first-order chi connectivity index (χ1) is 9.42. The van der Waals surface area contributed by atoms with Crippen LogP contribution in [0, 0.1) is 6.92 Å². The second-order valence-electron chi connectivity index (χ2n) is 4.49. The molecule has 1 amide bonds. The van der Waals surface area contributed by atoms with E-state index in [1.165, 1.54) is 7.11 Å². The standard InChI is InChI=1S/C13H16N4O3/c1-8-6-17(3)11(14-8)12(18)15-9-5-10(13(19)20-4)16(2)7-9/h5-7H,1-4H3,(H,15,18). The number of hydrogen-bond donors (Lipinski definition) is 1. The van der Waals surface area contributed by atoms with Crippen molar-refractivity contribution < 1.29 is 14.3 Å². The van der Waals surface area contributed by atoms with Crippen LogP contribution in [-0.4, -0.2) is 33.1 Å². The van der Waals surface area contributed by atoms with E-state index < -0.39 is 5.97 Å². The third-order valence-electron chi connectivity index (χ3n) is 2.86. The summed E-state index contributed by atoms with van der Waals surface area (Å²) in [5.74, 6) is -0.477. The van der Waals surface area contributed by atoms with Crippen LogP contribution < -0.4 is 5.32 Å². The molecule has 2 aromatic rings. The third-order valence-corrected chi connectivity index (χ3v) is 2.86. The molecular weight excluding hydrogens is 260 g/mol. The van der Waals surface area contributed by atoms with E-state index in [1.807, 2.05) is 6.92 Å². The molecule has 1 N–H and O–H groups in total. The van der Waals surface area contributed by atoms with Gasteiger partial charge in [-0.05, 0) is 13.0 Å². The maximum Gasteiger partial charge on any atom is 0.354 e. The summed E-state index contributed by atoms with van der Waals surface area (Å²) in [6.45, 7) is 1.81. The zero-order chi connectivity index (χ0) is 14.9. The molecule has 0 fully saturated rings. The maximum atomic E-state index is 12.1. The zero-order valence-electron chi connectivity index (χ0n) is 11.8. The quantitative estimate of drug-likeness (QED) is 0.852. The highest BCUT2D eigenvalue weighted by atomic mass is 16.5. The molecule has 2 rings (SSSR count). The molecule has 2 heterocycles. The van der Waals surface area contributed by atoms with Gasteiger partial charge in [-0.15, -0.1) is 0 Å². The first-order valence-corrected chi connectivity index (χ1v) is 5.98. The van der Waals surface area contributed by atoms with Crippen molar-refractivity contribution in [3.05, 3.63) is 35.7 Å². The fraction of sp³-hybridized carbons (Fsp3) is 0.308. The molecule has 106 valence electrons. The lowest BCUT2D eigenvalue weighted by molar-refractivity contribution is 0.0590. The number of rotatable bonds is 3. The fourth-order valence-corrected chi connectivity index (χ4v) is 1.95. The van der Waals surface area contributed by atoms with Gasteiger partial charge in [0, 0.05) is 26.5 Å². The van der Waals surface area contributed by atoms with Gasteiger partial charge in [-0.3, -0.25) is 4.79 Å². The minimum atomic E-state index is -0.458. The van der Waals surface area contributed by atoms with Crippen molar-refractivity contribution >= 4 is 17.6 Å². The van der Waals surface area contributed by atoms with E-state index in [9.17, 15) is 9.59 Å². The Kier molecular flexibility index (Phi) is 3.60. The Hall–Kier alpha value is -2.57. The molecule has 7 heteroatoms. The number of esters is 1. The molecule has 0 aliphatic carbocycles. The summed E-state index contributed by atoms with van der Waals surface area (Å²) in [4.78, 5) is 27.7. The number of aryl methyl sites for hydroxylation is 3. The monoisotopic (exact) mass is 276 g/mol. The van der Waals surface area contributed by atoms with Gasteiger partial charge in [0.15, 0.2) is 5.82 Å². The Labute approximate surface area is 116 Å². The van der Waals surface area contributed by atoms with Crippen molar-refractivity contribution in [2.24, 2.45) is 14.1 Å². The topological polar surface area (TPSA) is 78.2 Å². The van der Waals surface area contributed by atoms with E-state index in [0.717, 1.165) is 5.69 Å². The molecule has 0 aliphatic heterocycles. The Morgan fingerprint density at radius 2 is 1.95 bits per heavy atom. The van der Waals surface area contributed by atoms with Crippen LogP contribution in [0.1, 0.15) is 26.8 Å². The molecule has 0 saturated heterocycles. The van der Waals surface area contributed by atoms with E-state index in [4.69, 9.17) is 0 Å². The van der Waals surface area contributed by atoms with Crippen molar-refractivity contribution in [1.82, 2.24) is 14.1 Å². The number of anilines is 1. The fourth-order valence-electron chi connectivity index (χ4n) is 1.95. The van der Waals surface area contributed by atoms with Crippen molar-refractivity contribution in [3.63, 3.8) is 0 Å². The molecule has 0 aromatic carbocycles. The van der Waals surface area contributed by atoms with Crippen LogP contribution in [0.3, 0.4) is 0 Å². The molecule has 0 spiro atoms. The van der Waals surface area contributed by atoms with Gasteiger partial charge in [-0.25, -0.2) is 9.78 Å². The minimum Gasteiger partial charge on any atom is -0.464 e. The molecule has 0 aliphatic rings. The van der Waals surface area contributed by atoms with Gasteiger partial charge >= 0.3 is 5.97 Å². The van der Waals surface area contributed by atoms with E-state index in [1.54, 1.807) is 41.7 Å². The number of methoxy groups -OCH3 is 1. The first-order valence-electron chi connectivity index (χ1n) is 5.98. The Balaban J connectivity index is 2.20. The molecule has 0 atom stereocenters. The molecule has 0 bridgehead atoms. The van der Waals surface area contributed by atoms with Crippen LogP contribution >= 0.6 is 0 Å². The number of hydrogen-bond acceptors (Lipinski definition) is 4. The number of carbonyl (C=O) groups excluding carboxylic acids is 2. The van der Waals surface area contributed by atoms with Gasteiger partial charge < -0.3 is 19.2 Å². The zero-order valence-corrected chi connectivity index (χ0v) is 11.8. The summed E-state index contributed by atoms with van der Waals surface area (Å²) in [5.41, 5.74) is 1.64. The van der Waals surface area contributed by atoms with Crippen molar-refractivity contribution in [2.75, 3.05) is 12.4 Å². The Morgan fingerprint density at radius 3 is 2.50 bits per heavy atom. The summed E-state index contributed by atoms with van der Waals surface area (Å²) in [6.07, 6.45) is 3.40. The summed E-state index contributed by atoms with van der Waals surface area (Å²) >= 11 is 0. The second-order valence-corrected chi connectivity index (χ2v) is 4.49. The smallest absolute Gasteiger partial charge is 0.354 e. The highest BCUT2D eigenvalue weighted by Gasteiger charge is 2.16. The molecule has 0 unspecified atom stereocenters. The number of carbonyl (C=O) groups is 2. The highest BCUT2D eigenvalue weighted by Crippen LogP contribution is 2.14. The lowest BCUT2D eigenvalue weighted by Gasteiger charge is -2.01. The number of nitrogens with zero attached hydrogens (tertiary/aromatic N) is 3. The average Bonchev–Trinajstić information content (AvgIpc) is 2.91. The van der Waals surface area contributed by atoms with Gasteiger partial charge in [0.25, 0.3) is 5.91 Å². The summed E-state index contributed by atoms with van der Waals surface area (Å²) in [6, 6.07) is 1.56. The number of ether oxygens (including phenoxy) is 1. The second kappa shape index (κ2) is 5.20. The molecule has 0 saturated carbocycles. The molecule has 20 heavy (non-hydrogen) atoms. The van der Waals surface area contributed by atoms with Crippen LogP contribution in [0.4, 0.5) is 5.69 Å². The Morgan fingerprint density at radius 1 is 1.25 bits per heavy atom. The third kappa shape index (κ3) is 2.56. The normalized spacial score (nSPS) is 10.4. The van der Waals surface area contributed by atoms with Crippen LogP contribution in [-0.2, 0) is 18.8 Å². The van der Waals surface area contributed by atoms with Crippen molar-refractivity contribution in [3.8, 4) is 0 Å². The van der Waals surface area contributed by atoms with Crippen LogP contribution in [0.25, 0.3) is 0 Å². The number of nitrogens with one attached hydrogen (secondary N) is 1. The van der Waals surface area contributed by atoms with E-state index >= 15 is 0 Å². The van der Waals surface area contributed by atoms with Crippen LogP contribution in [0.15, 0.2) is 18.5 Å². The lowest BCUT2D eigenvalue weighted by Crippen LogP contribution is -2.16. The summed E-state index contributed by atoms with van der Waals surface area (Å²) in [7, 11) is 4.76. The van der Waals surface area contributed by atoms with Gasteiger partial charge in [0.05, 0.1) is 18.5 Å². The minimum absolute atomic E-state index is 0.311. The highest BCUT2D eigenvalue weighted by molar-refractivity contribution is 6.02. The Bertz CT molecular complexity index is 669. The van der Waals surface area contributed by atoms with Gasteiger partial charge in [0.2, 0.25) is 0 Å². The van der Waals surface area contributed by atoms with E-state index in [-0.39, 0.29) is 5.91 Å². The molecule has 2 aromatic heterocycles. The first kappa shape index (κ1) is 13.9. The lowest BCUT2D eigenvalue weighted by atomic mass is 10.4. The summed E-state index contributed by atoms with van der Waals surface area (Å²) in [5, 5.41) is 2.70. The largest absolute Gasteiger partial charge is 0.464 e. The predicted octanol–water partition coefficient (Wildman–Crippen LogP) is 1.11. The predicted molar refractivity (Wildman–Crippen MR) is 72.7 cm³/mol. The number of amides is 1. The van der Waals surface area contributed by atoms with Crippen molar-refractivity contribution in [2.45, 2.75) is 6.92 Å². The van der Waals surface area contributed by atoms with Crippen LogP contribution in [0.5, 0.6) is 0 Å². The molecular formula is C13H16N4O3. The van der Waals surface area contributed by atoms with E-state index in [2.05, 4.69) is 15.0 Å². The van der Waals surface area contributed by atoms with Gasteiger partial charge in [-0.2, -0.15) is 0 Å². The number of imidazole rings is 1. The number of aromatic nitrogens is 3.